The monoisotopic (exact) mass is 132 g/mol. The molecule has 0 unspecified atom stereocenters. The van der Waals surface area contributed by atoms with Crippen LogP contribution in [0.1, 0.15) is 11.5 Å². The van der Waals surface area contributed by atoms with E-state index in [0.717, 1.165) is 11.5 Å². The van der Waals surface area contributed by atoms with Gasteiger partial charge in [0.1, 0.15) is 11.5 Å². The molecule has 0 bridgehead atoms. The second kappa shape index (κ2) is 2.78. The Labute approximate surface area is 55.1 Å². The molecule has 1 nitrogen and oxygen atoms in total. The van der Waals surface area contributed by atoms with Crippen molar-refractivity contribution in [2.24, 2.45) is 0 Å². The molecule has 1 heterocycles. The Morgan fingerprint density at radius 3 is 1.62 bits per heavy atom. The van der Waals surface area contributed by atoms with Gasteiger partial charge in [-0.05, 0) is 26.0 Å². The predicted molar refractivity (Wildman–Crippen MR) is 35.4 cm³/mol. The zero-order valence-electron chi connectivity index (χ0n) is 4.97. The normalized spacial score (nSPS) is 8.25. The van der Waals surface area contributed by atoms with E-state index in [1.54, 1.807) is 0 Å². The summed E-state index contributed by atoms with van der Waals surface area (Å²) in [6.45, 7) is 3.88. The Morgan fingerprint density at radius 2 is 1.50 bits per heavy atom. The van der Waals surface area contributed by atoms with Crippen LogP contribution in [0.5, 0.6) is 0 Å². The molecule has 0 spiro atoms. The number of aryl methyl sites for hydroxylation is 2. The molecule has 0 aliphatic heterocycles. The maximum atomic E-state index is 5.08. The van der Waals surface area contributed by atoms with Crippen LogP contribution >= 0.6 is 12.4 Å². The molecule has 8 heavy (non-hydrogen) atoms. The van der Waals surface area contributed by atoms with Gasteiger partial charge in [-0.2, -0.15) is 0 Å². The highest BCUT2D eigenvalue weighted by molar-refractivity contribution is 5.85. The molecule has 0 N–H and O–H groups in total. The second-order valence-corrected chi connectivity index (χ2v) is 1.66. The summed E-state index contributed by atoms with van der Waals surface area (Å²) in [6.07, 6.45) is 0. The first-order valence-electron chi connectivity index (χ1n) is 2.32. The minimum absolute atomic E-state index is 0. The van der Waals surface area contributed by atoms with Gasteiger partial charge in [0.2, 0.25) is 0 Å². The maximum absolute atomic E-state index is 5.08. The summed E-state index contributed by atoms with van der Waals surface area (Å²) in [4.78, 5) is 0. The number of halogens is 1. The summed E-state index contributed by atoms with van der Waals surface area (Å²) in [5, 5.41) is 0. The van der Waals surface area contributed by atoms with Crippen molar-refractivity contribution in [1.29, 1.82) is 0 Å². The summed E-state index contributed by atoms with van der Waals surface area (Å²) in [7, 11) is 0. The fourth-order valence-electron chi connectivity index (χ4n) is 0.557. The van der Waals surface area contributed by atoms with Gasteiger partial charge in [0.05, 0.1) is 0 Å². The van der Waals surface area contributed by atoms with E-state index in [4.69, 9.17) is 4.42 Å². The van der Waals surface area contributed by atoms with Crippen LogP contribution in [0.4, 0.5) is 0 Å². The van der Waals surface area contributed by atoms with Crippen LogP contribution in [0.25, 0.3) is 0 Å². The van der Waals surface area contributed by atoms with E-state index in [1.165, 1.54) is 0 Å². The van der Waals surface area contributed by atoms with Gasteiger partial charge in [-0.1, -0.05) is 0 Å². The molecule has 46 valence electrons. The van der Waals surface area contributed by atoms with E-state index in [2.05, 4.69) is 0 Å². The van der Waals surface area contributed by atoms with Gasteiger partial charge in [0.25, 0.3) is 0 Å². The summed E-state index contributed by atoms with van der Waals surface area (Å²) in [5.74, 6) is 1.97. The molecule has 1 aromatic heterocycles. The lowest BCUT2D eigenvalue weighted by atomic mass is 10.5. The van der Waals surface area contributed by atoms with E-state index in [-0.39, 0.29) is 12.4 Å². The number of hydrogen-bond acceptors (Lipinski definition) is 1. The fourth-order valence-corrected chi connectivity index (χ4v) is 0.557. The Hall–Kier alpha value is -0.430. The van der Waals surface area contributed by atoms with Crippen molar-refractivity contribution in [3.05, 3.63) is 23.7 Å². The molecular formula is C6H9ClO. The quantitative estimate of drug-likeness (QED) is 0.528. The van der Waals surface area contributed by atoms with Gasteiger partial charge in [-0.15, -0.1) is 12.4 Å². The van der Waals surface area contributed by atoms with Crippen LogP contribution in [0, 0.1) is 13.8 Å². The third-order valence-electron chi connectivity index (χ3n) is 0.875. The molecular weight excluding hydrogens is 124 g/mol. The average Bonchev–Trinajstić information content (AvgIpc) is 1.87. The average molecular weight is 133 g/mol. The Morgan fingerprint density at radius 1 is 1.12 bits per heavy atom. The zero-order valence-corrected chi connectivity index (χ0v) is 5.79. The van der Waals surface area contributed by atoms with Crippen molar-refractivity contribution in [1.82, 2.24) is 0 Å². The van der Waals surface area contributed by atoms with Gasteiger partial charge in [-0.3, -0.25) is 0 Å². The standard InChI is InChI=1S/C6H8O.ClH/c1-5-3-4-6(2)7-5;/h3-4H,1-2H3;1H. The molecule has 1 aromatic rings. The molecule has 0 radical (unpaired) electrons. The maximum Gasteiger partial charge on any atom is 0.101 e. The Balaban J connectivity index is 0.000000490. The van der Waals surface area contributed by atoms with Crippen molar-refractivity contribution in [3.8, 4) is 0 Å². The lowest BCUT2D eigenvalue weighted by Gasteiger charge is -1.76. The highest BCUT2D eigenvalue weighted by atomic mass is 35.5. The van der Waals surface area contributed by atoms with E-state index in [9.17, 15) is 0 Å². The first-order chi connectivity index (χ1) is 3.29. The van der Waals surface area contributed by atoms with Crippen molar-refractivity contribution in [2.45, 2.75) is 13.8 Å². The number of rotatable bonds is 0. The van der Waals surface area contributed by atoms with E-state index < -0.39 is 0 Å². The lowest BCUT2D eigenvalue weighted by Crippen LogP contribution is -1.53. The van der Waals surface area contributed by atoms with Crippen molar-refractivity contribution in [2.75, 3.05) is 0 Å². The molecule has 0 atom stereocenters. The summed E-state index contributed by atoms with van der Waals surface area (Å²) in [6, 6.07) is 3.91. The van der Waals surface area contributed by atoms with E-state index >= 15 is 0 Å². The number of hydrogen-bond donors (Lipinski definition) is 0. The van der Waals surface area contributed by atoms with Gasteiger partial charge >= 0.3 is 0 Å². The third-order valence-corrected chi connectivity index (χ3v) is 0.875. The summed E-state index contributed by atoms with van der Waals surface area (Å²) >= 11 is 0. The third kappa shape index (κ3) is 1.58. The van der Waals surface area contributed by atoms with Gasteiger partial charge < -0.3 is 4.42 Å². The number of furan rings is 1. The first kappa shape index (κ1) is 7.57. The Bertz CT molecular complexity index is 141. The largest absolute Gasteiger partial charge is 0.467 e. The fraction of sp³-hybridized carbons (Fsp3) is 0.333. The Kier molecular flexibility index (Phi) is 2.63. The SMILES string of the molecule is Cc1ccc(C)o1.Cl. The van der Waals surface area contributed by atoms with Gasteiger partial charge in [-0.25, -0.2) is 0 Å². The van der Waals surface area contributed by atoms with Crippen LogP contribution in [0.3, 0.4) is 0 Å². The van der Waals surface area contributed by atoms with Crippen LogP contribution < -0.4 is 0 Å². The molecule has 0 amide bonds. The minimum Gasteiger partial charge on any atom is -0.467 e. The molecule has 0 aromatic carbocycles. The molecule has 0 saturated heterocycles. The summed E-state index contributed by atoms with van der Waals surface area (Å²) < 4.78 is 5.08. The molecule has 0 saturated carbocycles. The highest BCUT2D eigenvalue weighted by Crippen LogP contribution is 2.02. The van der Waals surface area contributed by atoms with Crippen molar-refractivity contribution >= 4 is 12.4 Å². The molecule has 0 aliphatic rings. The second-order valence-electron chi connectivity index (χ2n) is 1.66. The zero-order chi connectivity index (χ0) is 5.28. The van der Waals surface area contributed by atoms with Crippen LogP contribution in [0.15, 0.2) is 16.5 Å². The van der Waals surface area contributed by atoms with Crippen LogP contribution in [-0.4, -0.2) is 0 Å². The lowest BCUT2D eigenvalue weighted by molar-refractivity contribution is 0.504. The van der Waals surface area contributed by atoms with Crippen molar-refractivity contribution < 1.29 is 4.42 Å². The van der Waals surface area contributed by atoms with Gasteiger partial charge in [0, 0.05) is 0 Å². The van der Waals surface area contributed by atoms with E-state index in [0.29, 0.717) is 0 Å². The highest BCUT2D eigenvalue weighted by Gasteiger charge is 1.85. The molecule has 0 fully saturated rings. The molecule has 0 aliphatic carbocycles. The first-order valence-corrected chi connectivity index (χ1v) is 2.32. The van der Waals surface area contributed by atoms with Crippen molar-refractivity contribution in [3.63, 3.8) is 0 Å². The smallest absolute Gasteiger partial charge is 0.101 e. The van der Waals surface area contributed by atoms with Crippen LogP contribution in [-0.2, 0) is 0 Å². The molecule has 2 heteroatoms. The van der Waals surface area contributed by atoms with E-state index in [1.807, 2.05) is 26.0 Å². The predicted octanol–water partition coefficient (Wildman–Crippen LogP) is 2.32. The minimum atomic E-state index is 0. The van der Waals surface area contributed by atoms with Gasteiger partial charge in [0.15, 0.2) is 0 Å². The topological polar surface area (TPSA) is 13.1 Å². The molecule has 1 rings (SSSR count). The summed E-state index contributed by atoms with van der Waals surface area (Å²) in [5.41, 5.74) is 0. The van der Waals surface area contributed by atoms with Crippen LogP contribution in [0.2, 0.25) is 0 Å².